The first-order chi connectivity index (χ1) is 26.2. The molecule has 0 saturated carbocycles. The van der Waals surface area contributed by atoms with Gasteiger partial charge in [0.25, 0.3) is 0 Å². The predicted octanol–water partition coefficient (Wildman–Crippen LogP) is 9.77. The Morgan fingerprint density at radius 3 is 1.87 bits per heavy atom. The van der Waals surface area contributed by atoms with Crippen molar-refractivity contribution in [1.82, 2.24) is 0 Å². The number of allylic oxidation sites excluding steroid dienone is 5. The summed E-state index contributed by atoms with van der Waals surface area (Å²) in [5.41, 5.74) is 0. The van der Waals surface area contributed by atoms with Gasteiger partial charge in [-0.05, 0) is 64.2 Å². The Balaban J connectivity index is 2.28. The van der Waals surface area contributed by atoms with E-state index in [1.54, 1.807) is 0 Å². The first-order valence-corrected chi connectivity index (χ1v) is 22.6. The number of aliphatic hydroxyl groups excluding tert-OH is 2. The van der Waals surface area contributed by atoms with E-state index in [1.807, 2.05) is 0 Å². The van der Waals surface area contributed by atoms with Gasteiger partial charge in [0.2, 0.25) is 0 Å². The molecule has 1 aliphatic heterocycles. The molecule has 314 valence electrons. The number of phosphoric acid groups is 1. The highest BCUT2D eigenvalue weighted by atomic mass is 31.2. The van der Waals surface area contributed by atoms with E-state index >= 15 is 0 Å². The number of carbonyl (C=O) groups is 2. The Hall–Kier alpha value is -1.85. The summed E-state index contributed by atoms with van der Waals surface area (Å²) < 4.78 is 38.5. The Morgan fingerprint density at radius 2 is 1.20 bits per heavy atom. The second-order valence-electron chi connectivity index (χ2n) is 14.4. The van der Waals surface area contributed by atoms with Gasteiger partial charge in [-0.25, -0.2) is 4.57 Å². The molecule has 0 radical (unpaired) electrons. The maximum Gasteiger partial charge on any atom is 0.472 e. The van der Waals surface area contributed by atoms with Gasteiger partial charge in [0, 0.05) is 12.8 Å². The number of unbranched alkanes of at least 4 members (excludes halogenated alkanes) is 16. The van der Waals surface area contributed by atoms with Gasteiger partial charge in [-0.15, -0.1) is 0 Å². The fraction of sp³-hybridized carbons (Fsp3) is 0.810. The molecule has 0 aromatic carbocycles. The highest BCUT2D eigenvalue weighted by Gasteiger charge is 2.36. The van der Waals surface area contributed by atoms with Crippen molar-refractivity contribution in [3.63, 3.8) is 0 Å². The third-order valence-electron chi connectivity index (χ3n) is 9.22. The number of carbonyl (C=O) groups excluding carboxylic acids is 2. The van der Waals surface area contributed by atoms with Crippen LogP contribution < -0.4 is 0 Å². The average Bonchev–Trinajstić information content (AvgIpc) is 3.92. The van der Waals surface area contributed by atoms with Gasteiger partial charge < -0.3 is 29.3 Å². The molecule has 3 unspecified atom stereocenters. The highest BCUT2D eigenvalue weighted by Crippen LogP contribution is 2.43. The number of aliphatic hydroxyl groups is 2. The molecule has 5 atom stereocenters. The topological polar surface area (TPSA) is 161 Å². The van der Waals surface area contributed by atoms with Crippen LogP contribution in [0.2, 0.25) is 0 Å². The molecule has 0 aliphatic carbocycles. The third-order valence-corrected chi connectivity index (χ3v) is 10.2. The van der Waals surface area contributed by atoms with Gasteiger partial charge in [0.1, 0.15) is 12.7 Å². The third kappa shape index (κ3) is 31.4. The fourth-order valence-corrected chi connectivity index (χ4v) is 6.60. The van der Waals surface area contributed by atoms with Crippen LogP contribution in [0, 0.1) is 0 Å². The van der Waals surface area contributed by atoms with E-state index in [4.69, 9.17) is 23.8 Å². The van der Waals surface area contributed by atoms with Crippen molar-refractivity contribution in [2.45, 2.75) is 192 Å². The molecule has 12 heteroatoms. The number of rotatable bonds is 38. The van der Waals surface area contributed by atoms with Gasteiger partial charge in [-0.1, -0.05) is 127 Å². The number of ether oxygens (including phenoxy) is 3. The molecule has 1 fully saturated rings. The smallest absolute Gasteiger partial charge is 0.462 e. The normalized spacial score (nSPS) is 18.0. The van der Waals surface area contributed by atoms with E-state index in [0.29, 0.717) is 25.0 Å². The fourth-order valence-electron chi connectivity index (χ4n) is 5.81. The van der Waals surface area contributed by atoms with Crippen molar-refractivity contribution in [2.24, 2.45) is 0 Å². The van der Waals surface area contributed by atoms with Gasteiger partial charge in [0.15, 0.2) is 6.10 Å². The maximum absolute atomic E-state index is 12.6. The number of phosphoric ester groups is 1. The minimum atomic E-state index is -4.63. The van der Waals surface area contributed by atoms with Crippen LogP contribution in [-0.2, 0) is 37.4 Å². The van der Waals surface area contributed by atoms with E-state index in [1.165, 1.54) is 44.9 Å². The van der Waals surface area contributed by atoms with Gasteiger partial charge in [-0.2, -0.15) is 0 Å². The van der Waals surface area contributed by atoms with Crippen LogP contribution in [0.4, 0.5) is 0 Å². The summed E-state index contributed by atoms with van der Waals surface area (Å²) in [7, 11) is -4.63. The van der Waals surface area contributed by atoms with E-state index in [-0.39, 0.29) is 19.4 Å². The second-order valence-corrected chi connectivity index (χ2v) is 15.9. The minimum absolute atomic E-state index is 0.160. The van der Waals surface area contributed by atoms with Crippen LogP contribution in [0.1, 0.15) is 168 Å². The first-order valence-electron chi connectivity index (χ1n) is 21.1. The van der Waals surface area contributed by atoms with Crippen molar-refractivity contribution in [1.29, 1.82) is 0 Å². The molecule has 11 nitrogen and oxygen atoms in total. The molecular weight excluding hydrogens is 711 g/mol. The quantitative estimate of drug-likeness (QED) is 0.0136. The standard InChI is InChI=1S/C42H75O11P/c1-3-5-7-9-11-12-13-14-15-16-17-18-19-23-28-32-42(46)52-38(36-51-54(47,48)50-34-37(44)33-43)35-49-41(45)31-27-24-20-22-26-30-40-39(53-40)29-25-21-10-8-6-4-2/h12-15,21,25,37-40,43-44H,3-11,16-20,22-24,26-36H2,1-2H3,(H,47,48)/b13-12-,15-14-,25-21-/t37-,38+,39?,40?/m0/s1. The molecule has 1 rings (SSSR count). The SMILES string of the molecule is CCCCC/C=C\CC1OC1CCCCCCCC(=O)OC[C@H](COP(=O)(O)OC[C@@H](O)CO)OC(=O)CCCCCCC/C=C\C=C/CCCCCC. The molecule has 0 amide bonds. The zero-order valence-corrected chi connectivity index (χ0v) is 34.5. The second kappa shape index (κ2) is 34.4. The van der Waals surface area contributed by atoms with Crippen LogP contribution >= 0.6 is 7.82 Å². The van der Waals surface area contributed by atoms with Crippen molar-refractivity contribution in [3.05, 3.63) is 36.5 Å². The Labute approximate surface area is 326 Å². The van der Waals surface area contributed by atoms with Crippen LogP contribution in [0.5, 0.6) is 0 Å². The maximum atomic E-state index is 12.6. The molecule has 3 N–H and O–H groups in total. The van der Waals surface area contributed by atoms with Crippen molar-refractivity contribution in [3.8, 4) is 0 Å². The molecule has 0 aromatic rings. The summed E-state index contributed by atoms with van der Waals surface area (Å²) >= 11 is 0. The average molecular weight is 787 g/mol. The Kier molecular flexibility index (Phi) is 32.0. The molecule has 0 bridgehead atoms. The highest BCUT2D eigenvalue weighted by molar-refractivity contribution is 7.47. The molecular formula is C42H75O11P. The molecule has 0 aromatic heterocycles. The molecule has 54 heavy (non-hydrogen) atoms. The lowest BCUT2D eigenvalue weighted by molar-refractivity contribution is -0.161. The van der Waals surface area contributed by atoms with Crippen LogP contribution in [0.3, 0.4) is 0 Å². The van der Waals surface area contributed by atoms with Crippen LogP contribution in [0.15, 0.2) is 36.5 Å². The molecule has 1 heterocycles. The van der Waals surface area contributed by atoms with E-state index in [9.17, 15) is 24.2 Å². The predicted molar refractivity (Wildman–Crippen MR) is 214 cm³/mol. The van der Waals surface area contributed by atoms with Gasteiger partial charge in [0.05, 0.1) is 32.0 Å². The van der Waals surface area contributed by atoms with E-state index in [2.05, 4.69) is 54.8 Å². The Bertz CT molecular complexity index is 1060. The molecule has 1 aliphatic rings. The zero-order chi connectivity index (χ0) is 39.5. The monoisotopic (exact) mass is 787 g/mol. The summed E-state index contributed by atoms with van der Waals surface area (Å²) in [5.74, 6) is -0.967. The number of epoxide rings is 1. The van der Waals surface area contributed by atoms with Gasteiger partial charge in [-0.3, -0.25) is 18.6 Å². The van der Waals surface area contributed by atoms with Crippen molar-refractivity contribution in [2.75, 3.05) is 26.4 Å². The number of hydrogen-bond acceptors (Lipinski definition) is 10. The zero-order valence-electron chi connectivity index (χ0n) is 33.6. The van der Waals surface area contributed by atoms with Crippen LogP contribution in [-0.4, -0.2) is 77.9 Å². The lowest BCUT2D eigenvalue weighted by atomic mass is 10.1. The molecule has 0 spiro atoms. The van der Waals surface area contributed by atoms with Crippen molar-refractivity contribution < 1.29 is 52.5 Å². The summed E-state index contributed by atoms with van der Waals surface area (Å²) in [6.45, 7) is 2.27. The van der Waals surface area contributed by atoms with Gasteiger partial charge >= 0.3 is 19.8 Å². The van der Waals surface area contributed by atoms with E-state index in [0.717, 1.165) is 83.5 Å². The minimum Gasteiger partial charge on any atom is -0.462 e. The largest absolute Gasteiger partial charge is 0.472 e. The first kappa shape index (κ1) is 50.2. The summed E-state index contributed by atoms with van der Waals surface area (Å²) in [4.78, 5) is 35.0. The summed E-state index contributed by atoms with van der Waals surface area (Å²) in [6.07, 6.45) is 35.5. The summed E-state index contributed by atoms with van der Waals surface area (Å²) in [6, 6.07) is 0. The molecule has 1 saturated heterocycles. The lowest BCUT2D eigenvalue weighted by Gasteiger charge is -2.20. The Morgan fingerprint density at radius 1 is 0.667 bits per heavy atom. The van der Waals surface area contributed by atoms with Crippen LogP contribution in [0.25, 0.3) is 0 Å². The number of esters is 2. The van der Waals surface area contributed by atoms with E-state index < -0.39 is 51.8 Å². The van der Waals surface area contributed by atoms with Crippen molar-refractivity contribution >= 4 is 19.8 Å². The number of hydrogen-bond donors (Lipinski definition) is 3. The summed E-state index contributed by atoms with van der Waals surface area (Å²) in [5, 5.41) is 18.3. The lowest BCUT2D eigenvalue weighted by Crippen LogP contribution is -2.29.